The highest BCUT2D eigenvalue weighted by molar-refractivity contribution is 6.30. The van der Waals surface area contributed by atoms with Crippen LogP contribution >= 0.6 is 11.6 Å². The molecule has 1 saturated heterocycles. The van der Waals surface area contributed by atoms with Crippen molar-refractivity contribution in [2.24, 2.45) is 0 Å². The Balaban J connectivity index is 1.20. The van der Waals surface area contributed by atoms with Gasteiger partial charge in [-0.2, -0.15) is 0 Å². The van der Waals surface area contributed by atoms with Crippen LogP contribution < -0.4 is 14.8 Å². The Labute approximate surface area is 226 Å². The van der Waals surface area contributed by atoms with Crippen molar-refractivity contribution in [1.82, 2.24) is 14.3 Å². The molecule has 0 spiro atoms. The summed E-state index contributed by atoms with van der Waals surface area (Å²) in [7, 11) is 3.18. The maximum Gasteiger partial charge on any atom is 0.274 e. The molecule has 0 saturated carbocycles. The minimum absolute atomic E-state index is 0.0206. The van der Waals surface area contributed by atoms with Gasteiger partial charge in [-0.1, -0.05) is 23.7 Å². The zero-order valence-electron chi connectivity index (χ0n) is 21.5. The minimum atomic E-state index is -0.247. The number of likely N-dealkylation sites (tertiary alicyclic amines) is 1. The van der Waals surface area contributed by atoms with E-state index in [1.54, 1.807) is 49.1 Å². The van der Waals surface area contributed by atoms with Crippen molar-refractivity contribution >= 4 is 34.7 Å². The number of amides is 2. The molecular weight excluding hydrogens is 504 g/mol. The number of ether oxygens (including phenoxy) is 2. The highest BCUT2D eigenvalue weighted by Gasteiger charge is 2.26. The van der Waals surface area contributed by atoms with Crippen LogP contribution in [0.5, 0.6) is 11.5 Å². The van der Waals surface area contributed by atoms with E-state index in [0.29, 0.717) is 58.1 Å². The van der Waals surface area contributed by atoms with Crippen LogP contribution in [-0.4, -0.2) is 53.4 Å². The first-order chi connectivity index (χ1) is 18.4. The van der Waals surface area contributed by atoms with Crippen LogP contribution in [0.4, 0.5) is 5.69 Å². The number of hydrogen-bond donors (Lipinski definition) is 1. The molecule has 9 heteroatoms. The average molecular weight is 533 g/mol. The highest BCUT2D eigenvalue weighted by Crippen LogP contribution is 2.33. The van der Waals surface area contributed by atoms with Gasteiger partial charge >= 0.3 is 0 Å². The number of carbonyl (C=O) groups excluding carboxylic acids is 2. The lowest BCUT2D eigenvalue weighted by Crippen LogP contribution is -2.38. The highest BCUT2D eigenvalue weighted by atomic mass is 35.5. The average Bonchev–Trinajstić information content (AvgIpc) is 3.36. The number of hydrogen-bond acceptors (Lipinski definition) is 5. The summed E-state index contributed by atoms with van der Waals surface area (Å²) in [5.74, 6) is 1.35. The zero-order chi connectivity index (χ0) is 26.8. The number of methoxy groups -OCH3 is 2. The molecule has 3 heterocycles. The van der Waals surface area contributed by atoms with Gasteiger partial charge in [-0.15, -0.1) is 0 Å². The number of nitrogens with zero attached hydrogens (tertiary/aromatic N) is 3. The quantitative estimate of drug-likeness (QED) is 0.350. The molecule has 5 rings (SSSR count). The van der Waals surface area contributed by atoms with Gasteiger partial charge in [0, 0.05) is 47.2 Å². The molecule has 38 heavy (non-hydrogen) atoms. The minimum Gasteiger partial charge on any atom is -0.496 e. The van der Waals surface area contributed by atoms with Gasteiger partial charge in [-0.3, -0.25) is 14.0 Å². The van der Waals surface area contributed by atoms with E-state index < -0.39 is 0 Å². The van der Waals surface area contributed by atoms with Crippen LogP contribution in [0, 0.1) is 6.92 Å². The summed E-state index contributed by atoms with van der Waals surface area (Å²) in [6.07, 6.45) is 4.99. The van der Waals surface area contributed by atoms with Crippen molar-refractivity contribution in [3.8, 4) is 11.5 Å². The van der Waals surface area contributed by atoms with E-state index in [0.717, 1.165) is 18.4 Å². The van der Waals surface area contributed by atoms with Crippen molar-refractivity contribution in [3.05, 3.63) is 88.3 Å². The fourth-order valence-corrected chi connectivity index (χ4v) is 5.12. The number of piperidine rings is 1. The third-order valence-electron chi connectivity index (χ3n) is 7.13. The molecule has 1 fully saturated rings. The lowest BCUT2D eigenvalue weighted by molar-refractivity contribution is 0.0712. The summed E-state index contributed by atoms with van der Waals surface area (Å²) in [4.78, 5) is 32.2. The summed E-state index contributed by atoms with van der Waals surface area (Å²) < 4.78 is 12.6. The van der Waals surface area contributed by atoms with Gasteiger partial charge in [0.2, 0.25) is 0 Å². The normalized spacial score (nSPS) is 13.9. The van der Waals surface area contributed by atoms with Gasteiger partial charge in [0.1, 0.15) is 22.8 Å². The van der Waals surface area contributed by atoms with E-state index in [9.17, 15) is 9.59 Å². The summed E-state index contributed by atoms with van der Waals surface area (Å²) >= 11 is 6.01. The Morgan fingerprint density at radius 3 is 2.29 bits per heavy atom. The Bertz CT molecular complexity index is 1470. The SMILES string of the molecule is COc1cc(C(=O)N2CCC(c3ccc(NC(=O)c4cnc5cc(Cl)ccn45)cc3)CC2)cc(OC)c1C. The first-order valence-electron chi connectivity index (χ1n) is 12.4. The van der Waals surface area contributed by atoms with Gasteiger partial charge in [0.05, 0.1) is 20.4 Å². The molecule has 0 unspecified atom stereocenters. The molecule has 2 aromatic heterocycles. The number of aromatic nitrogens is 2. The van der Waals surface area contributed by atoms with Gasteiger partial charge < -0.3 is 19.7 Å². The monoisotopic (exact) mass is 532 g/mol. The molecule has 2 aromatic carbocycles. The fraction of sp³-hybridized carbons (Fsp3) is 0.276. The first kappa shape index (κ1) is 25.6. The van der Waals surface area contributed by atoms with Crippen LogP contribution in [0.2, 0.25) is 5.02 Å². The molecule has 8 nitrogen and oxygen atoms in total. The van der Waals surface area contributed by atoms with Crippen LogP contribution in [0.15, 0.2) is 60.9 Å². The maximum atomic E-state index is 13.2. The first-order valence-corrected chi connectivity index (χ1v) is 12.8. The number of carbonyl (C=O) groups is 2. The lowest BCUT2D eigenvalue weighted by Gasteiger charge is -2.32. The van der Waals surface area contributed by atoms with E-state index >= 15 is 0 Å². The van der Waals surface area contributed by atoms with E-state index in [-0.39, 0.29) is 11.8 Å². The van der Waals surface area contributed by atoms with Gasteiger partial charge in [0.15, 0.2) is 0 Å². The van der Waals surface area contributed by atoms with E-state index in [1.165, 1.54) is 11.8 Å². The van der Waals surface area contributed by atoms with E-state index in [2.05, 4.69) is 10.3 Å². The van der Waals surface area contributed by atoms with E-state index in [4.69, 9.17) is 21.1 Å². The van der Waals surface area contributed by atoms with Crippen LogP contribution in [0.1, 0.15) is 50.7 Å². The second kappa shape index (κ2) is 10.8. The van der Waals surface area contributed by atoms with E-state index in [1.807, 2.05) is 36.1 Å². The van der Waals surface area contributed by atoms with Crippen LogP contribution in [0.3, 0.4) is 0 Å². The van der Waals surface area contributed by atoms with Crippen molar-refractivity contribution in [3.63, 3.8) is 0 Å². The Kier molecular flexibility index (Phi) is 7.24. The van der Waals surface area contributed by atoms with Gasteiger partial charge in [0.25, 0.3) is 11.8 Å². The van der Waals surface area contributed by atoms with Crippen LogP contribution in [0.25, 0.3) is 5.65 Å². The smallest absolute Gasteiger partial charge is 0.274 e. The summed E-state index contributed by atoms with van der Waals surface area (Å²) in [6.45, 7) is 3.24. The fourth-order valence-electron chi connectivity index (χ4n) is 4.97. The lowest BCUT2D eigenvalue weighted by atomic mass is 9.89. The topological polar surface area (TPSA) is 85.2 Å². The predicted molar refractivity (Wildman–Crippen MR) is 147 cm³/mol. The second-order valence-corrected chi connectivity index (χ2v) is 9.80. The summed E-state index contributed by atoms with van der Waals surface area (Å²) in [5, 5.41) is 3.50. The van der Waals surface area contributed by atoms with Crippen LogP contribution in [-0.2, 0) is 0 Å². The summed E-state index contributed by atoms with van der Waals surface area (Å²) in [6, 6.07) is 14.9. The molecule has 0 atom stereocenters. The summed E-state index contributed by atoms with van der Waals surface area (Å²) in [5.41, 5.74) is 4.38. The van der Waals surface area contributed by atoms with Crippen molar-refractivity contribution in [1.29, 1.82) is 0 Å². The number of fused-ring (bicyclic) bond motifs is 1. The molecule has 1 N–H and O–H groups in total. The van der Waals surface area contributed by atoms with Crippen molar-refractivity contribution in [2.75, 3.05) is 32.6 Å². The number of imidazole rings is 1. The van der Waals surface area contributed by atoms with Gasteiger partial charge in [-0.05, 0) is 61.6 Å². The van der Waals surface area contributed by atoms with Crippen molar-refractivity contribution in [2.45, 2.75) is 25.7 Å². The maximum absolute atomic E-state index is 13.2. The molecule has 2 amide bonds. The molecular formula is C29H29ClN4O4. The second-order valence-electron chi connectivity index (χ2n) is 9.36. The molecule has 0 aliphatic carbocycles. The molecule has 0 radical (unpaired) electrons. The molecule has 1 aliphatic heterocycles. The number of rotatable bonds is 6. The number of benzene rings is 2. The van der Waals surface area contributed by atoms with Gasteiger partial charge in [-0.25, -0.2) is 4.98 Å². The molecule has 4 aromatic rings. The standard InChI is InChI=1S/C29H29ClN4O4/c1-18-25(37-2)14-21(15-26(18)38-3)29(36)33-11-8-20(9-12-33)19-4-6-23(7-5-19)32-28(35)24-17-31-27-16-22(30)10-13-34(24)27/h4-7,10,13-17,20H,8-9,11-12H2,1-3H3,(H,32,35). The number of nitrogens with one attached hydrogen (secondary N) is 1. The third-order valence-corrected chi connectivity index (χ3v) is 7.36. The predicted octanol–water partition coefficient (Wildman–Crippen LogP) is 5.59. The molecule has 1 aliphatic rings. The molecule has 196 valence electrons. The van der Waals surface area contributed by atoms with Crippen molar-refractivity contribution < 1.29 is 19.1 Å². The Hall–Kier alpha value is -4.04. The number of anilines is 1. The Morgan fingerprint density at radius 1 is 1.00 bits per heavy atom. The Morgan fingerprint density at radius 2 is 1.66 bits per heavy atom. The number of pyridine rings is 1. The largest absolute Gasteiger partial charge is 0.496 e. The number of halogens is 1. The third kappa shape index (κ3) is 5.04. The molecule has 0 bridgehead atoms. The zero-order valence-corrected chi connectivity index (χ0v) is 22.3.